The van der Waals surface area contributed by atoms with Gasteiger partial charge in [0.15, 0.2) is 5.69 Å². The first-order chi connectivity index (χ1) is 8.52. The van der Waals surface area contributed by atoms with E-state index >= 15 is 0 Å². The van der Waals surface area contributed by atoms with Crippen LogP contribution in [0, 0.1) is 0 Å². The highest BCUT2D eigenvalue weighted by atomic mass is 16.2. The molecule has 0 radical (unpaired) electrons. The second-order valence-corrected chi connectivity index (χ2v) is 4.84. The molecule has 1 aromatic heterocycles. The van der Waals surface area contributed by atoms with E-state index in [1.807, 2.05) is 4.90 Å². The standard InChI is InChI=1S/C12H21N5O/c1-4-16-5-6-17(7-9(16)2)12(18)11-10(13)8-15(3)14-11/h8-9H,4-7,13H2,1-3H3. The van der Waals surface area contributed by atoms with Crippen molar-refractivity contribution in [2.24, 2.45) is 7.05 Å². The van der Waals surface area contributed by atoms with E-state index in [4.69, 9.17) is 5.73 Å². The van der Waals surface area contributed by atoms with E-state index in [1.54, 1.807) is 17.9 Å². The predicted octanol–water partition coefficient (Wildman–Crippen LogP) is 0.169. The fourth-order valence-corrected chi connectivity index (χ4v) is 2.47. The van der Waals surface area contributed by atoms with Crippen LogP contribution in [-0.2, 0) is 7.05 Å². The van der Waals surface area contributed by atoms with Gasteiger partial charge in [-0.15, -0.1) is 0 Å². The lowest BCUT2D eigenvalue weighted by molar-refractivity contribution is 0.0523. The van der Waals surface area contributed by atoms with Gasteiger partial charge in [0.1, 0.15) is 0 Å². The predicted molar refractivity (Wildman–Crippen MR) is 70.2 cm³/mol. The summed E-state index contributed by atoms with van der Waals surface area (Å²) in [6, 6.07) is 0.387. The molecule has 0 saturated carbocycles. The number of amides is 1. The monoisotopic (exact) mass is 251 g/mol. The molecule has 2 N–H and O–H groups in total. The third-order valence-corrected chi connectivity index (χ3v) is 3.52. The number of aryl methyl sites for hydroxylation is 1. The van der Waals surface area contributed by atoms with Crippen LogP contribution in [0.25, 0.3) is 0 Å². The smallest absolute Gasteiger partial charge is 0.276 e. The highest BCUT2D eigenvalue weighted by molar-refractivity contribution is 5.97. The topological polar surface area (TPSA) is 67.4 Å². The van der Waals surface area contributed by atoms with Crippen LogP contribution in [0.2, 0.25) is 0 Å². The molecule has 1 unspecified atom stereocenters. The number of nitrogens with two attached hydrogens (primary N) is 1. The minimum absolute atomic E-state index is 0.0595. The third-order valence-electron chi connectivity index (χ3n) is 3.52. The number of likely N-dealkylation sites (N-methyl/N-ethyl adjacent to an activating group) is 1. The number of aromatic nitrogens is 2. The summed E-state index contributed by atoms with van der Waals surface area (Å²) in [5, 5.41) is 4.14. The van der Waals surface area contributed by atoms with Gasteiger partial charge in [0.05, 0.1) is 5.69 Å². The van der Waals surface area contributed by atoms with Crippen LogP contribution in [0.3, 0.4) is 0 Å². The van der Waals surface area contributed by atoms with Crippen LogP contribution in [0.4, 0.5) is 5.69 Å². The zero-order chi connectivity index (χ0) is 13.3. The van der Waals surface area contributed by atoms with Crippen molar-refractivity contribution in [3.8, 4) is 0 Å². The Balaban J connectivity index is 2.09. The van der Waals surface area contributed by atoms with Gasteiger partial charge in [0.2, 0.25) is 0 Å². The molecule has 1 aliphatic rings. The van der Waals surface area contributed by atoms with Gasteiger partial charge < -0.3 is 10.6 Å². The summed E-state index contributed by atoms with van der Waals surface area (Å²) in [5.74, 6) is -0.0595. The molecule has 0 spiro atoms. The van der Waals surface area contributed by atoms with Gasteiger partial charge in [0.25, 0.3) is 5.91 Å². The molecule has 1 aliphatic heterocycles. The van der Waals surface area contributed by atoms with E-state index in [9.17, 15) is 4.79 Å². The zero-order valence-electron chi connectivity index (χ0n) is 11.3. The molecule has 0 aromatic carbocycles. The summed E-state index contributed by atoms with van der Waals surface area (Å²) in [4.78, 5) is 16.5. The fraction of sp³-hybridized carbons (Fsp3) is 0.667. The molecule has 1 amide bonds. The Bertz CT molecular complexity index is 442. The molecule has 18 heavy (non-hydrogen) atoms. The molecule has 6 heteroatoms. The normalized spacial score (nSPS) is 21.3. The average molecular weight is 251 g/mol. The number of piperazine rings is 1. The van der Waals surface area contributed by atoms with Crippen molar-refractivity contribution in [1.82, 2.24) is 19.6 Å². The number of carbonyl (C=O) groups is 1. The molecular weight excluding hydrogens is 230 g/mol. The SMILES string of the molecule is CCN1CCN(C(=O)c2nn(C)cc2N)CC1C. The van der Waals surface area contributed by atoms with Crippen LogP contribution < -0.4 is 5.73 Å². The number of anilines is 1. The second kappa shape index (κ2) is 4.97. The first kappa shape index (κ1) is 12.9. The number of carbonyl (C=O) groups excluding carboxylic acids is 1. The molecule has 0 bridgehead atoms. The van der Waals surface area contributed by atoms with Gasteiger partial charge >= 0.3 is 0 Å². The Morgan fingerprint density at radius 3 is 2.78 bits per heavy atom. The molecular formula is C12H21N5O. The quantitative estimate of drug-likeness (QED) is 0.813. The maximum atomic E-state index is 12.3. The Hall–Kier alpha value is -1.56. The van der Waals surface area contributed by atoms with Crippen LogP contribution in [0.1, 0.15) is 24.3 Å². The van der Waals surface area contributed by atoms with Crippen molar-refractivity contribution < 1.29 is 4.79 Å². The number of nitrogen functional groups attached to an aromatic ring is 1. The number of nitrogens with zero attached hydrogens (tertiary/aromatic N) is 4. The van der Waals surface area contributed by atoms with Crippen molar-refractivity contribution in [2.45, 2.75) is 19.9 Å². The largest absolute Gasteiger partial charge is 0.396 e. The Labute approximate surface area is 107 Å². The highest BCUT2D eigenvalue weighted by Gasteiger charge is 2.28. The third kappa shape index (κ3) is 2.33. The molecule has 1 fully saturated rings. The summed E-state index contributed by atoms with van der Waals surface area (Å²) in [6.07, 6.45) is 1.67. The number of hydrogen-bond acceptors (Lipinski definition) is 4. The maximum absolute atomic E-state index is 12.3. The lowest BCUT2D eigenvalue weighted by Crippen LogP contribution is -2.53. The highest BCUT2D eigenvalue weighted by Crippen LogP contribution is 2.15. The molecule has 1 atom stereocenters. The van der Waals surface area contributed by atoms with Crippen LogP contribution in [0.5, 0.6) is 0 Å². The number of hydrogen-bond donors (Lipinski definition) is 1. The van der Waals surface area contributed by atoms with E-state index in [2.05, 4.69) is 23.8 Å². The van der Waals surface area contributed by atoms with Crippen molar-refractivity contribution in [1.29, 1.82) is 0 Å². The van der Waals surface area contributed by atoms with Crippen LogP contribution >= 0.6 is 0 Å². The van der Waals surface area contributed by atoms with Crippen molar-refractivity contribution in [3.05, 3.63) is 11.9 Å². The lowest BCUT2D eigenvalue weighted by atomic mass is 10.2. The lowest BCUT2D eigenvalue weighted by Gasteiger charge is -2.39. The average Bonchev–Trinajstić information content (AvgIpc) is 2.67. The summed E-state index contributed by atoms with van der Waals surface area (Å²) in [7, 11) is 1.77. The van der Waals surface area contributed by atoms with Gasteiger partial charge in [-0.3, -0.25) is 14.4 Å². The van der Waals surface area contributed by atoms with E-state index in [-0.39, 0.29) is 5.91 Å². The van der Waals surface area contributed by atoms with Gasteiger partial charge in [-0.05, 0) is 13.5 Å². The van der Waals surface area contributed by atoms with Gasteiger partial charge in [-0.1, -0.05) is 6.92 Å². The second-order valence-electron chi connectivity index (χ2n) is 4.84. The Morgan fingerprint density at radius 2 is 2.28 bits per heavy atom. The minimum Gasteiger partial charge on any atom is -0.396 e. The molecule has 100 valence electrons. The molecule has 0 aliphatic carbocycles. The summed E-state index contributed by atoms with van der Waals surface area (Å²) >= 11 is 0. The first-order valence-electron chi connectivity index (χ1n) is 6.35. The van der Waals surface area contributed by atoms with E-state index < -0.39 is 0 Å². The van der Waals surface area contributed by atoms with Gasteiger partial charge in [-0.2, -0.15) is 5.10 Å². The Morgan fingerprint density at radius 1 is 1.56 bits per heavy atom. The van der Waals surface area contributed by atoms with Gasteiger partial charge in [0, 0.05) is 38.9 Å². The summed E-state index contributed by atoms with van der Waals surface area (Å²) in [6.45, 7) is 7.70. The van der Waals surface area contributed by atoms with E-state index in [0.29, 0.717) is 17.4 Å². The number of rotatable bonds is 2. The molecule has 6 nitrogen and oxygen atoms in total. The summed E-state index contributed by atoms with van der Waals surface area (Å²) in [5.41, 5.74) is 6.62. The molecule has 1 saturated heterocycles. The minimum atomic E-state index is -0.0595. The molecule has 1 aromatic rings. The summed E-state index contributed by atoms with van der Waals surface area (Å²) < 4.78 is 1.58. The van der Waals surface area contributed by atoms with Crippen LogP contribution in [0.15, 0.2) is 6.20 Å². The van der Waals surface area contributed by atoms with E-state index in [1.165, 1.54) is 0 Å². The van der Waals surface area contributed by atoms with Crippen molar-refractivity contribution in [3.63, 3.8) is 0 Å². The molecule has 2 rings (SSSR count). The van der Waals surface area contributed by atoms with Crippen LogP contribution in [-0.4, -0.2) is 57.7 Å². The molecule has 2 heterocycles. The first-order valence-corrected chi connectivity index (χ1v) is 6.35. The maximum Gasteiger partial charge on any atom is 0.276 e. The van der Waals surface area contributed by atoms with Gasteiger partial charge in [-0.25, -0.2) is 0 Å². The van der Waals surface area contributed by atoms with E-state index in [0.717, 1.165) is 26.2 Å². The van der Waals surface area contributed by atoms with Crippen molar-refractivity contribution in [2.75, 3.05) is 31.9 Å². The zero-order valence-corrected chi connectivity index (χ0v) is 11.3. The van der Waals surface area contributed by atoms with Crippen molar-refractivity contribution >= 4 is 11.6 Å². The Kier molecular flexibility index (Phi) is 3.56. The fourth-order valence-electron chi connectivity index (χ4n) is 2.47.